The Morgan fingerprint density at radius 2 is 1.91 bits per heavy atom. The SMILES string of the molecule is Cc1ccc(S(=O)(=O)CC(=O)Nc2ccc3scnc3c2)cc1. The fourth-order valence-electron chi connectivity index (χ4n) is 2.13. The highest BCUT2D eigenvalue weighted by Crippen LogP contribution is 2.21. The molecule has 5 nitrogen and oxygen atoms in total. The van der Waals surface area contributed by atoms with Crippen LogP contribution in [0.2, 0.25) is 0 Å². The molecule has 0 spiro atoms. The summed E-state index contributed by atoms with van der Waals surface area (Å²) >= 11 is 1.50. The highest BCUT2D eigenvalue weighted by Gasteiger charge is 2.19. The first kappa shape index (κ1) is 15.6. The van der Waals surface area contributed by atoms with Crippen molar-refractivity contribution >= 4 is 43.0 Å². The molecule has 1 aromatic heterocycles. The average molecular weight is 346 g/mol. The molecule has 1 N–H and O–H groups in total. The molecule has 0 saturated carbocycles. The number of carbonyl (C=O) groups excluding carboxylic acids is 1. The van der Waals surface area contributed by atoms with Crippen molar-refractivity contribution in [1.82, 2.24) is 4.98 Å². The van der Waals surface area contributed by atoms with Gasteiger partial charge < -0.3 is 5.32 Å². The van der Waals surface area contributed by atoms with Crippen LogP contribution >= 0.6 is 11.3 Å². The first-order valence-corrected chi connectivity index (χ1v) is 9.40. The highest BCUT2D eigenvalue weighted by atomic mass is 32.2. The Hall–Kier alpha value is -2.25. The van der Waals surface area contributed by atoms with Crippen LogP contribution in [0.1, 0.15) is 5.56 Å². The van der Waals surface area contributed by atoms with Gasteiger partial charge in [0.2, 0.25) is 5.91 Å². The fourth-order valence-corrected chi connectivity index (χ4v) is 3.93. The van der Waals surface area contributed by atoms with E-state index in [1.54, 1.807) is 29.8 Å². The maximum Gasteiger partial charge on any atom is 0.239 e. The van der Waals surface area contributed by atoms with Gasteiger partial charge in [-0.1, -0.05) is 17.7 Å². The quantitative estimate of drug-likeness (QED) is 0.788. The van der Waals surface area contributed by atoms with E-state index in [1.165, 1.54) is 23.5 Å². The molecular formula is C16H14N2O3S2. The van der Waals surface area contributed by atoms with E-state index in [0.29, 0.717) is 5.69 Å². The highest BCUT2D eigenvalue weighted by molar-refractivity contribution is 7.92. The number of aryl methyl sites for hydroxylation is 1. The van der Waals surface area contributed by atoms with Crippen LogP contribution in [-0.2, 0) is 14.6 Å². The number of anilines is 1. The Morgan fingerprint density at radius 1 is 1.17 bits per heavy atom. The summed E-state index contributed by atoms with van der Waals surface area (Å²) in [5.41, 5.74) is 3.99. The van der Waals surface area contributed by atoms with Crippen LogP contribution in [0.5, 0.6) is 0 Å². The number of fused-ring (bicyclic) bond motifs is 1. The summed E-state index contributed by atoms with van der Waals surface area (Å²) in [6.07, 6.45) is 0. The lowest BCUT2D eigenvalue weighted by atomic mass is 10.2. The van der Waals surface area contributed by atoms with E-state index in [2.05, 4.69) is 10.3 Å². The summed E-state index contributed by atoms with van der Waals surface area (Å²) in [6, 6.07) is 11.7. The van der Waals surface area contributed by atoms with Crippen molar-refractivity contribution in [3.63, 3.8) is 0 Å². The molecule has 7 heteroatoms. The minimum Gasteiger partial charge on any atom is -0.325 e. The monoisotopic (exact) mass is 346 g/mol. The molecule has 0 bridgehead atoms. The van der Waals surface area contributed by atoms with E-state index >= 15 is 0 Å². The molecule has 0 aliphatic rings. The second-order valence-corrected chi connectivity index (χ2v) is 8.03. The van der Waals surface area contributed by atoms with E-state index in [4.69, 9.17) is 0 Å². The van der Waals surface area contributed by atoms with Crippen LogP contribution < -0.4 is 5.32 Å². The van der Waals surface area contributed by atoms with Gasteiger partial charge in [-0.25, -0.2) is 13.4 Å². The van der Waals surface area contributed by atoms with Gasteiger partial charge in [0, 0.05) is 5.69 Å². The van der Waals surface area contributed by atoms with Crippen molar-refractivity contribution in [3.8, 4) is 0 Å². The number of hydrogen-bond donors (Lipinski definition) is 1. The Morgan fingerprint density at radius 3 is 2.65 bits per heavy atom. The van der Waals surface area contributed by atoms with Gasteiger partial charge in [-0.3, -0.25) is 4.79 Å². The molecule has 0 saturated heterocycles. The summed E-state index contributed by atoms with van der Waals surface area (Å²) in [6.45, 7) is 1.87. The number of thiazole rings is 1. The Labute approximate surface area is 137 Å². The van der Waals surface area contributed by atoms with Gasteiger partial charge in [-0.2, -0.15) is 0 Å². The lowest BCUT2D eigenvalue weighted by molar-refractivity contribution is -0.113. The Bertz CT molecular complexity index is 960. The molecule has 2 aromatic carbocycles. The number of carbonyl (C=O) groups is 1. The van der Waals surface area contributed by atoms with Crippen LogP contribution in [0.3, 0.4) is 0 Å². The Balaban J connectivity index is 1.74. The van der Waals surface area contributed by atoms with Crippen molar-refractivity contribution in [2.45, 2.75) is 11.8 Å². The molecule has 0 aliphatic carbocycles. The van der Waals surface area contributed by atoms with Gasteiger partial charge >= 0.3 is 0 Å². The molecule has 3 rings (SSSR count). The van der Waals surface area contributed by atoms with E-state index < -0.39 is 21.5 Å². The summed E-state index contributed by atoms with van der Waals surface area (Å²) in [7, 11) is -3.65. The molecule has 1 amide bonds. The first-order valence-electron chi connectivity index (χ1n) is 6.86. The number of benzene rings is 2. The number of nitrogens with zero attached hydrogens (tertiary/aromatic N) is 1. The first-order chi connectivity index (χ1) is 10.9. The van der Waals surface area contributed by atoms with E-state index in [-0.39, 0.29) is 4.90 Å². The third kappa shape index (κ3) is 3.57. The molecule has 118 valence electrons. The second-order valence-electron chi connectivity index (χ2n) is 5.16. The molecule has 1 heterocycles. The zero-order valence-electron chi connectivity index (χ0n) is 12.3. The summed E-state index contributed by atoms with van der Waals surface area (Å²) in [5.74, 6) is -1.16. The predicted molar refractivity (Wildman–Crippen MR) is 91.5 cm³/mol. The summed E-state index contributed by atoms with van der Waals surface area (Å²) in [4.78, 5) is 16.3. The number of aromatic nitrogens is 1. The van der Waals surface area contributed by atoms with Crippen LogP contribution in [0.4, 0.5) is 5.69 Å². The summed E-state index contributed by atoms with van der Waals surface area (Å²) in [5, 5.41) is 2.61. The molecule has 0 unspecified atom stereocenters. The lowest BCUT2D eigenvalue weighted by Gasteiger charge is -2.07. The van der Waals surface area contributed by atoms with E-state index in [9.17, 15) is 13.2 Å². The average Bonchev–Trinajstić information content (AvgIpc) is 2.94. The third-order valence-corrected chi connectivity index (χ3v) is 5.76. The van der Waals surface area contributed by atoms with Crippen molar-refractivity contribution in [1.29, 1.82) is 0 Å². The third-order valence-electron chi connectivity index (χ3n) is 3.32. The maximum atomic E-state index is 12.2. The number of hydrogen-bond acceptors (Lipinski definition) is 5. The van der Waals surface area contributed by atoms with Crippen LogP contribution in [0, 0.1) is 6.92 Å². The normalized spacial score (nSPS) is 11.5. The van der Waals surface area contributed by atoms with Crippen LogP contribution in [-0.4, -0.2) is 25.1 Å². The molecule has 23 heavy (non-hydrogen) atoms. The molecule has 3 aromatic rings. The Kier molecular flexibility index (Phi) is 4.14. The van der Waals surface area contributed by atoms with Crippen molar-refractivity contribution in [3.05, 3.63) is 53.5 Å². The molecule has 0 fully saturated rings. The maximum absolute atomic E-state index is 12.2. The van der Waals surface area contributed by atoms with Crippen molar-refractivity contribution in [2.24, 2.45) is 0 Å². The zero-order valence-corrected chi connectivity index (χ0v) is 13.9. The lowest BCUT2D eigenvalue weighted by Crippen LogP contribution is -2.23. The minimum absolute atomic E-state index is 0.146. The topological polar surface area (TPSA) is 76.1 Å². The van der Waals surface area contributed by atoms with Gasteiger partial charge in [0.15, 0.2) is 9.84 Å². The second kappa shape index (κ2) is 6.10. The van der Waals surface area contributed by atoms with Gasteiger partial charge in [0.1, 0.15) is 5.75 Å². The molecule has 0 aliphatic heterocycles. The van der Waals surface area contributed by atoms with E-state index in [0.717, 1.165) is 15.8 Å². The predicted octanol–water partition coefficient (Wildman–Crippen LogP) is 3.02. The standard InChI is InChI=1S/C16H14N2O3S2/c1-11-2-5-13(6-3-11)23(20,21)9-16(19)18-12-4-7-15-14(8-12)17-10-22-15/h2-8,10H,9H2,1H3,(H,18,19). The largest absolute Gasteiger partial charge is 0.325 e. The molecule has 0 atom stereocenters. The minimum atomic E-state index is -3.65. The fraction of sp³-hybridized carbons (Fsp3) is 0.125. The van der Waals surface area contributed by atoms with Crippen molar-refractivity contribution in [2.75, 3.05) is 11.1 Å². The van der Waals surface area contributed by atoms with Crippen LogP contribution in [0.25, 0.3) is 10.2 Å². The van der Waals surface area contributed by atoms with E-state index in [1.807, 2.05) is 13.0 Å². The molecule has 0 radical (unpaired) electrons. The zero-order chi connectivity index (χ0) is 16.4. The van der Waals surface area contributed by atoms with Crippen LogP contribution in [0.15, 0.2) is 52.9 Å². The van der Waals surface area contributed by atoms with Crippen molar-refractivity contribution < 1.29 is 13.2 Å². The number of sulfone groups is 1. The summed E-state index contributed by atoms with van der Waals surface area (Å²) < 4.78 is 25.5. The number of amides is 1. The smallest absolute Gasteiger partial charge is 0.239 e. The number of nitrogens with one attached hydrogen (secondary N) is 1. The molecular weight excluding hydrogens is 332 g/mol. The number of rotatable bonds is 4. The van der Waals surface area contributed by atoms with Gasteiger partial charge in [0.25, 0.3) is 0 Å². The van der Waals surface area contributed by atoms with Gasteiger partial charge in [-0.15, -0.1) is 11.3 Å². The van der Waals surface area contributed by atoms with Gasteiger partial charge in [0.05, 0.1) is 20.6 Å². The van der Waals surface area contributed by atoms with Gasteiger partial charge in [-0.05, 0) is 37.3 Å².